The van der Waals surface area contributed by atoms with Gasteiger partial charge in [0.05, 0.1) is 6.61 Å². The number of likely N-dealkylation sites (N-methyl/N-ethyl adjacent to an activating group) is 1. The van der Waals surface area contributed by atoms with Gasteiger partial charge in [0.15, 0.2) is 0 Å². The number of hydrogen-bond acceptors (Lipinski definition) is 4. The highest BCUT2D eigenvalue weighted by Gasteiger charge is 2.11. The lowest BCUT2D eigenvalue weighted by molar-refractivity contribution is -0.116. The number of anilines is 1. The van der Waals surface area contributed by atoms with Crippen molar-refractivity contribution in [2.45, 2.75) is 19.4 Å². The van der Waals surface area contributed by atoms with Crippen molar-refractivity contribution in [3.63, 3.8) is 0 Å². The van der Waals surface area contributed by atoms with E-state index in [0.717, 1.165) is 5.56 Å². The van der Waals surface area contributed by atoms with E-state index >= 15 is 0 Å². The molecule has 1 unspecified atom stereocenters. The molecule has 1 amide bonds. The molecule has 0 saturated heterocycles. The van der Waals surface area contributed by atoms with Crippen molar-refractivity contribution in [3.8, 4) is 0 Å². The molecular formula is C15H23N3O2S. The number of ether oxygens (including phenoxy) is 1. The van der Waals surface area contributed by atoms with Crippen LogP contribution < -0.4 is 11.1 Å². The number of thiocarbonyl (C=S) groups is 1. The molecule has 0 aliphatic carbocycles. The van der Waals surface area contributed by atoms with Gasteiger partial charge in [-0.2, -0.15) is 0 Å². The molecule has 0 saturated carbocycles. The molecular weight excluding hydrogens is 286 g/mol. The quantitative estimate of drug-likeness (QED) is 0.714. The molecule has 6 heteroatoms. The van der Waals surface area contributed by atoms with Crippen molar-refractivity contribution in [1.29, 1.82) is 0 Å². The molecule has 21 heavy (non-hydrogen) atoms. The third-order valence-electron chi connectivity index (χ3n) is 3.28. The van der Waals surface area contributed by atoms with Crippen LogP contribution in [-0.4, -0.2) is 49.1 Å². The molecule has 1 aromatic rings. The lowest BCUT2D eigenvalue weighted by Crippen LogP contribution is -2.35. The Balaban J connectivity index is 2.47. The largest absolute Gasteiger partial charge is 0.389 e. The monoisotopic (exact) mass is 309 g/mol. The second-order valence-electron chi connectivity index (χ2n) is 5.03. The standard InChI is InChI=1S/C15H23N3O2S/c1-11(10-20-3)18(2)8-7-14(19)17-13-6-4-5-12(9-13)15(16)21/h4-6,9,11H,7-8,10H2,1-3H3,(H2,16,21)(H,17,19). The zero-order valence-corrected chi connectivity index (χ0v) is 13.6. The van der Waals surface area contributed by atoms with Crippen LogP contribution in [-0.2, 0) is 9.53 Å². The highest BCUT2D eigenvalue weighted by molar-refractivity contribution is 7.80. The van der Waals surface area contributed by atoms with Gasteiger partial charge in [-0.05, 0) is 26.1 Å². The summed E-state index contributed by atoms with van der Waals surface area (Å²) in [7, 11) is 3.65. The Morgan fingerprint density at radius 2 is 2.24 bits per heavy atom. The second kappa shape index (κ2) is 8.71. The van der Waals surface area contributed by atoms with Gasteiger partial charge < -0.3 is 20.7 Å². The van der Waals surface area contributed by atoms with Crippen LogP contribution in [0.25, 0.3) is 0 Å². The summed E-state index contributed by atoms with van der Waals surface area (Å²) in [5.41, 5.74) is 7.02. The number of methoxy groups -OCH3 is 1. The lowest BCUT2D eigenvalue weighted by atomic mass is 10.2. The number of benzene rings is 1. The molecule has 0 aliphatic heterocycles. The second-order valence-corrected chi connectivity index (χ2v) is 5.47. The van der Waals surface area contributed by atoms with Crippen LogP contribution in [0.3, 0.4) is 0 Å². The van der Waals surface area contributed by atoms with Crippen LogP contribution in [0.1, 0.15) is 18.9 Å². The van der Waals surface area contributed by atoms with E-state index in [-0.39, 0.29) is 11.9 Å². The van der Waals surface area contributed by atoms with E-state index in [4.69, 9.17) is 22.7 Å². The van der Waals surface area contributed by atoms with Crippen LogP contribution in [0.5, 0.6) is 0 Å². The Kier molecular flexibility index (Phi) is 7.28. The van der Waals surface area contributed by atoms with E-state index in [1.807, 2.05) is 25.2 Å². The van der Waals surface area contributed by atoms with Gasteiger partial charge in [0.1, 0.15) is 4.99 Å². The number of nitrogens with two attached hydrogens (primary N) is 1. The van der Waals surface area contributed by atoms with E-state index in [9.17, 15) is 4.79 Å². The topological polar surface area (TPSA) is 67.6 Å². The van der Waals surface area contributed by atoms with Gasteiger partial charge in [0.25, 0.3) is 0 Å². The number of rotatable bonds is 8. The molecule has 0 spiro atoms. The van der Waals surface area contributed by atoms with Gasteiger partial charge >= 0.3 is 0 Å². The van der Waals surface area contributed by atoms with Gasteiger partial charge in [0.2, 0.25) is 5.91 Å². The normalized spacial score (nSPS) is 12.2. The van der Waals surface area contributed by atoms with E-state index in [1.165, 1.54) is 0 Å². The molecule has 0 heterocycles. The van der Waals surface area contributed by atoms with Gasteiger partial charge in [-0.1, -0.05) is 24.4 Å². The first kappa shape index (κ1) is 17.6. The van der Waals surface area contributed by atoms with Crippen LogP contribution >= 0.6 is 12.2 Å². The average Bonchev–Trinajstić information content (AvgIpc) is 2.45. The molecule has 0 bridgehead atoms. The summed E-state index contributed by atoms with van der Waals surface area (Å²) in [5, 5.41) is 2.85. The Labute approximate surface area is 131 Å². The highest BCUT2D eigenvalue weighted by Crippen LogP contribution is 2.11. The summed E-state index contributed by atoms with van der Waals surface area (Å²) < 4.78 is 5.10. The number of hydrogen-bond donors (Lipinski definition) is 2. The summed E-state index contributed by atoms with van der Waals surface area (Å²) >= 11 is 4.92. The summed E-state index contributed by atoms with van der Waals surface area (Å²) in [6.45, 7) is 3.38. The fourth-order valence-corrected chi connectivity index (χ4v) is 1.97. The number of carbonyl (C=O) groups excluding carboxylic acids is 1. The zero-order chi connectivity index (χ0) is 15.8. The molecule has 116 valence electrons. The van der Waals surface area contributed by atoms with E-state index in [0.29, 0.717) is 30.2 Å². The maximum absolute atomic E-state index is 11.9. The smallest absolute Gasteiger partial charge is 0.225 e. The average molecular weight is 309 g/mol. The SMILES string of the molecule is COCC(C)N(C)CCC(=O)Nc1cccc(C(N)=S)c1. The number of nitrogens with zero attached hydrogens (tertiary/aromatic N) is 1. The minimum atomic E-state index is -0.0356. The number of carbonyl (C=O) groups is 1. The first-order valence-corrected chi connectivity index (χ1v) is 7.23. The van der Waals surface area contributed by atoms with Gasteiger partial charge in [-0.15, -0.1) is 0 Å². The fourth-order valence-electron chi connectivity index (χ4n) is 1.84. The van der Waals surface area contributed by atoms with E-state index in [1.54, 1.807) is 13.2 Å². The minimum absolute atomic E-state index is 0.0356. The van der Waals surface area contributed by atoms with E-state index < -0.39 is 0 Å². The third kappa shape index (κ3) is 6.20. The van der Waals surface area contributed by atoms with Gasteiger partial charge in [-0.3, -0.25) is 4.79 Å². The van der Waals surface area contributed by atoms with E-state index in [2.05, 4.69) is 17.1 Å². The predicted molar refractivity (Wildman–Crippen MR) is 89.5 cm³/mol. The van der Waals surface area contributed by atoms with Crippen molar-refractivity contribution in [3.05, 3.63) is 29.8 Å². The highest BCUT2D eigenvalue weighted by atomic mass is 32.1. The number of amides is 1. The van der Waals surface area contributed by atoms with Crippen molar-refractivity contribution in [2.24, 2.45) is 5.73 Å². The van der Waals surface area contributed by atoms with Crippen LogP contribution in [0.2, 0.25) is 0 Å². The Morgan fingerprint density at radius 3 is 2.86 bits per heavy atom. The summed E-state index contributed by atoms with van der Waals surface area (Å²) in [6.07, 6.45) is 0.419. The lowest BCUT2D eigenvalue weighted by Gasteiger charge is -2.23. The molecule has 1 rings (SSSR count). The predicted octanol–water partition coefficient (Wildman–Crippen LogP) is 1.62. The van der Waals surface area contributed by atoms with Crippen LogP contribution in [0.4, 0.5) is 5.69 Å². The molecule has 1 aromatic carbocycles. The molecule has 1 atom stereocenters. The molecule has 0 fully saturated rings. The molecule has 0 aliphatic rings. The van der Waals surface area contributed by atoms with Crippen LogP contribution in [0, 0.1) is 0 Å². The maximum atomic E-state index is 11.9. The van der Waals surface area contributed by atoms with Crippen molar-refractivity contribution in [2.75, 3.05) is 32.6 Å². The molecule has 0 radical (unpaired) electrons. The number of nitrogens with one attached hydrogen (secondary N) is 1. The first-order chi connectivity index (χ1) is 9.93. The van der Waals surface area contributed by atoms with Crippen molar-refractivity contribution >= 4 is 28.8 Å². The Morgan fingerprint density at radius 1 is 1.52 bits per heavy atom. The fraction of sp³-hybridized carbons (Fsp3) is 0.467. The van der Waals surface area contributed by atoms with Gasteiger partial charge in [-0.25, -0.2) is 0 Å². The van der Waals surface area contributed by atoms with Crippen LogP contribution in [0.15, 0.2) is 24.3 Å². The van der Waals surface area contributed by atoms with Crippen molar-refractivity contribution < 1.29 is 9.53 Å². The summed E-state index contributed by atoms with van der Waals surface area (Å²) in [6, 6.07) is 7.50. The third-order valence-corrected chi connectivity index (χ3v) is 3.52. The zero-order valence-electron chi connectivity index (χ0n) is 12.8. The summed E-state index contributed by atoms with van der Waals surface area (Å²) in [4.78, 5) is 14.4. The Hall–Kier alpha value is -1.50. The molecule has 3 N–H and O–H groups in total. The summed E-state index contributed by atoms with van der Waals surface area (Å²) in [5.74, 6) is -0.0356. The maximum Gasteiger partial charge on any atom is 0.225 e. The molecule has 5 nitrogen and oxygen atoms in total. The van der Waals surface area contributed by atoms with Gasteiger partial charge in [0, 0.05) is 37.4 Å². The Bertz CT molecular complexity index is 494. The minimum Gasteiger partial charge on any atom is -0.389 e. The first-order valence-electron chi connectivity index (χ1n) is 6.83. The van der Waals surface area contributed by atoms with Crippen molar-refractivity contribution in [1.82, 2.24) is 4.90 Å². The molecule has 0 aromatic heterocycles.